The van der Waals surface area contributed by atoms with Gasteiger partial charge in [0.15, 0.2) is 5.13 Å². The molecule has 35 heavy (non-hydrogen) atoms. The number of carbonyl (C=O) groups is 2. The Bertz CT molecular complexity index is 1440. The van der Waals surface area contributed by atoms with Crippen molar-refractivity contribution in [3.8, 4) is 11.3 Å². The van der Waals surface area contributed by atoms with Crippen molar-refractivity contribution in [3.05, 3.63) is 70.6 Å². The van der Waals surface area contributed by atoms with Crippen LogP contribution in [0.2, 0.25) is 0 Å². The number of fused-ring (bicyclic) bond motifs is 1. The second kappa shape index (κ2) is 9.65. The zero-order chi connectivity index (χ0) is 24.4. The minimum absolute atomic E-state index is 0.236. The van der Waals surface area contributed by atoms with Gasteiger partial charge in [-0.05, 0) is 24.3 Å². The van der Waals surface area contributed by atoms with E-state index in [0.717, 1.165) is 10.7 Å². The molecule has 0 unspecified atom stereocenters. The molecule has 10 nitrogen and oxygen atoms in total. The quantitative estimate of drug-likeness (QED) is 0.423. The average Bonchev–Trinajstić information content (AvgIpc) is 3.32. The molecule has 0 aliphatic carbocycles. The fourth-order valence-corrected chi connectivity index (χ4v) is 4.94. The van der Waals surface area contributed by atoms with Crippen LogP contribution in [0.15, 0.2) is 59.4 Å². The van der Waals surface area contributed by atoms with Crippen molar-refractivity contribution in [1.82, 2.24) is 14.5 Å². The summed E-state index contributed by atoms with van der Waals surface area (Å²) in [5.41, 5.74) is 7.38. The van der Waals surface area contributed by atoms with Crippen molar-refractivity contribution in [2.24, 2.45) is 5.73 Å². The maximum Gasteiger partial charge on any atom is 0.349 e. The zero-order valence-electron chi connectivity index (χ0n) is 18.6. The van der Waals surface area contributed by atoms with Gasteiger partial charge >= 0.3 is 5.69 Å². The van der Waals surface area contributed by atoms with Gasteiger partial charge in [0.25, 0.3) is 0 Å². The van der Waals surface area contributed by atoms with Gasteiger partial charge in [-0.15, -0.1) is 0 Å². The van der Waals surface area contributed by atoms with Crippen molar-refractivity contribution in [1.29, 1.82) is 0 Å². The lowest BCUT2D eigenvalue weighted by atomic mass is 10.1. The van der Waals surface area contributed by atoms with E-state index in [4.69, 9.17) is 15.5 Å². The Balaban J connectivity index is 1.51. The molecule has 3 N–H and O–H groups in total. The fourth-order valence-electron chi connectivity index (χ4n) is 3.82. The van der Waals surface area contributed by atoms with E-state index >= 15 is 0 Å². The van der Waals surface area contributed by atoms with E-state index < -0.39 is 17.5 Å². The molecule has 0 atom stereocenters. The third-order valence-electron chi connectivity index (χ3n) is 5.59. The van der Waals surface area contributed by atoms with E-state index in [2.05, 4.69) is 15.2 Å². The molecule has 2 aromatic carbocycles. The van der Waals surface area contributed by atoms with Gasteiger partial charge in [0.05, 0.1) is 13.2 Å². The highest BCUT2D eigenvalue weighted by molar-refractivity contribution is 7.22. The maximum atomic E-state index is 13.1. The summed E-state index contributed by atoms with van der Waals surface area (Å²) in [6, 6.07) is 15.6. The number of thiazole rings is 1. The summed E-state index contributed by atoms with van der Waals surface area (Å²) in [5, 5.41) is 3.50. The molecule has 1 aliphatic heterocycles. The zero-order valence-corrected chi connectivity index (χ0v) is 19.5. The van der Waals surface area contributed by atoms with Crippen molar-refractivity contribution < 1.29 is 14.3 Å². The minimum Gasteiger partial charge on any atom is -0.378 e. The van der Waals surface area contributed by atoms with E-state index in [-0.39, 0.29) is 6.54 Å². The Morgan fingerprint density at radius 3 is 2.43 bits per heavy atom. The number of ether oxygens (including phenoxy) is 1. The lowest BCUT2D eigenvalue weighted by Gasteiger charge is -2.25. The van der Waals surface area contributed by atoms with Crippen molar-refractivity contribution >= 4 is 44.3 Å². The van der Waals surface area contributed by atoms with E-state index in [9.17, 15) is 14.4 Å². The minimum atomic E-state index is -0.553. The number of morpholine rings is 1. The van der Waals surface area contributed by atoms with Crippen molar-refractivity contribution in [2.75, 3.05) is 36.5 Å². The first kappa shape index (κ1) is 22.7. The Morgan fingerprint density at radius 1 is 1.03 bits per heavy atom. The normalized spacial score (nSPS) is 13.7. The van der Waals surface area contributed by atoms with Crippen LogP contribution in [0.3, 0.4) is 0 Å². The third-order valence-corrected chi connectivity index (χ3v) is 6.73. The molecule has 1 aliphatic rings. The summed E-state index contributed by atoms with van der Waals surface area (Å²) in [6.45, 7) is 2.35. The van der Waals surface area contributed by atoms with Gasteiger partial charge in [-0.2, -0.15) is 4.98 Å². The van der Waals surface area contributed by atoms with Gasteiger partial charge in [0.1, 0.15) is 22.6 Å². The number of nitrogens with two attached hydrogens (primary N) is 1. The second-order valence-electron chi connectivity index (χ2n) is 7.93. The number of hydrogen-bond acceptors (Lipinski definition) is 8. The fraction of sp³-hybridized carbons (Fsp3) is 0.208. The Kier molecular flexibility index (Phi) is 6.25. The van der Waals surface area contributed by atoms with Gasteiger partial charge in [-0.3, -0.25) is 14.2 Å². The molecule has 3 heterocycles. The maximum absolute atomic E-state index is 13.1. The van der Waals surface area contributed by atoms with Gasteiger partial charge in [-0.25, -0.2) is 9.78 Å². The standard InChI is InChI=1S/C24H22N6O4S/c25-21(32)16-6-8-17(9-7-16)26-18(31)14-30-22-20(28-24(35-22)29-10-12-34-13-11-29)19(27-23(30)33)15-4-2-1-3-5-15/h1-9H,10-14H2,(H2,25,32)(H,26,31). The molecule has 0 bridgehead atoms. The molecule has 1 fully saturated rings. The highest BCUT2D eigenvalue weighted by Gasteiger charge is 2.22. The monoisotopic (exact) mass is 490 g/mol. The third kappa shape index (κ3) is 4.77. The van der Waals surface area contributed by atoms with Crippen molar-refractivity contribution in [3.63, 3.8) is 0 Å². The number of primary amides is 1. The molecule has 0 spiro atoms. The summed E-state index contributed by atoms with van der Waals surface area (Å²) in [5.74, 6) is -0.960. The van der Waals surface area contributed by atoms with Crippen LogP contribution in [0.25, 0.3) is 21.6 Å². The first-order valence-corrected chi connectivity index (χ1v) is 11.8. The summed E-state index contributed by atoms with van der Waals surface area (Å²) in [7, 11) is 0. The highest BCUT2D eigenvalue weighted by atomic mass is 32.1. The number of carbonyl (C=O) groups excluding carboxylic acids is 2. The Morgan fingerprint density at radius 2 is 1.74 bits per heavy atom. The number of hydrogen-bond donors (Lipinski definition) is 2. The first-order valence-electron chi connectivity index (χ1n) is 11.0. The van der Waals surface area contributed by atoms with Crippen LogP contribution < -0.4 is 21.6 Å². The number of nitrogens with zero attached hydrogens (tertiary/aromatic N) is 4. The summed E-state index contributed by atoms with van der Waals surface area (Å²) in [4.78, 5) is 49.0. The molecule has 4 aromatic rings. The van der Waals surface area contributed by atoms with E-state index in [0.29, 0.717) is 53.6 Å². The summed E-state index contributed by atoms with van der Waals surface area (Å²) in [6.07, 6.45) is 0. The molecular formula is C24H22N6O4S. The van der Waals surface area contributed by atoms with Gasteiger partial charge in [-0.1, -0.05) is 41.7 Å². The number of aromatic nitrogens is 3. The predicted molar refractivity (Wildman–Crippen MR) is 134 cm³/mol. The van der Waals surface area contributed by atoms with Crippen LogP contribution in [0.4, 0.5) is 10.8 Å². The molecule has 0 radical (unpaired) electrons. The lowest BCUT2D eigenvalue weighted by molar-refractivity contribution is -0.116. The van der Waals surface area contributed by atoms with Crippen LogP contribution in [0.5, 0.6) is 0 Å². The van der Waals surface area contributed by atoms with Crippen LogP contribution in [0.1, 0.15) is 10.4 Å². The van der Waals surface area contributed by atoms with Crippen LogP contribution in [0, 0.1) is 0 Å². The molecule has 1 saturated heterocycles. The molecule has 178 valence electrons. The molecule has 0 saturated carbocycles. The molecular weight excluding hydrogens is 468 g/mol. The smallest absolute Gasteiger partial charge is 0.349 e. The second-order valence-corrected chi connectivity index (χ2v) is 8.89. The van der Waals surface area contributed by atoms with Crippen LogP contribution in [-0.2, 0) is 16.1 Å². The van der Waals surface area contributed by atoms with E-state index in [1.165, 1.54) is 28.0 Å². The molecule has 2 amide bonds. The van der Waals surface area contributed by atoms with Gasteiger partial charge in [0.2, 0.25) is 11.8 Å². The van der Waals surface area contributed by atoms with Crippen LogP contribution in [-0.4, -0.2) is 52.7 Å². The molecule has 5 rings (SSSR count). The van der Waals surface area contributed by atoms with E-state index in [1.54, 1.807) is 12.1 Å². The van der Waals surface area contributed by atoms with Gasteiger partial charge in [0, 0.05) is 29.9 Å². The summed E-state index contributed by atoms with van der Waals surface area (Å²) >= 11 is 1.36. The van der Waals surface area contributed by atoms with Gasteiger partial charge < -0.3 is 20.7 Å². The highest BCUT2D eigenvalue weighted by Crippen LogP contribution is 2.33. The van der Waals surface area contributed by atoms with Crippen molar-refractivity contribution in [2.45, 2.75) is 6.54 Å². The number of amides is 2. The average molecular weight is 491 g/mol. The number of benzene rings is 2. The SMILES string of the molecule is NC(=O)c1ccc(NC(=O)Cn2c(=O)nc(-c3ccccc3)c3nc(N4CCOCC4)sc32)cc1. The predicted octanol–water partition coefficient (Wildman–Crippen LogP) is 2.09. The topological polar surface area (TPSA) is 132 Å². The van der Waals surface area contributed by atoms with E-state index in [1.807, 2.05) is 30.3 Å². The number of anilines is 2. The lowest BCUT2D eigenvalue weighted by Crippen LogP contribution is -2.36. The van der Waals surface area contributed by atoms with Crippen LogP contribution >= 0.6 is 11.3 Å². The molecule has 11 heteroatoms. The Labute approximate surface area is 204 Å². The Hall–Kier alpha value is -4.09. The first-order chi connectivity index (χ1) is 17.0. The number of nitrogens with one attached hydrogen (secondary N) is 1. The largest absolute Gasteiger partial charge is 0.378 e. The number of rotatable bonds is 6. The molecule has 2 aromatic heterocycles. The summed E-state index contributed by atoms with van der Waals surface area (Å²) < 4.78 is 6.79.